The van der Waals surface area contributed by atoms with Crippen molar-refractivity contribution < 1.29 is 19.8 Å². The van der Waals surface area contributed by atoms with Gasteiger partial charge in [-0.3, -0.25) is 19.7 Å². The van der Waals surface area contributed by atoms with Gasteiger partial charge in [-0.15, -0.1) is 0 Å². The molecule has 2 aromatic heterocycles. The van der Waals surface area contributed by atoms with Gasteiger partial charge in [0.05, 0.1) is 24.2 Å². The van der Waals surface area contributed by atoms with Gasteiger partial charge >= 0.3 is 0 Å². The molecule has 2 atom stereocenters. The quantitative estimate of drug-likeness (QED) is 0.554. The molecule has 0 spiro atoms. The van der Waals surface area contributed by atoms with E-state index >= 15 is 0 Å². The molecule has 2 saturated heterocycles. The van der Waals surface area contributed by atoms with E-state index in [2.05, 4.69) is 32.1 Å². The molecule has 168 valence electrons. The molecule has 0 radical (unpaired) electrons. The van der Waals surface area contributed by atoms with E-state index in [1.807, 2.05) is 22.8 Å². The third kappa shape index (κ3) is 5.76. The first-order valence-corrected chi connectivity index (χ1v) is 10.2. The highest BCUT2D eigenvalue weighted by molar-refractivity contribution is 5.92. The fraction of sp³-hybridized carbons (Fsp3) is 0.550. The smallest absolute Gasteiger partial charge is 0.290 e. The summed E-state index contributed by atoms with van der Waals surface area (Å²) >= 11 is 0. The summed E-state index contributed by atoms with van der Waals surface area (Å²) in [6, 6.07) is 2.00. The van der Waals surface area contributed by atoms with Crippen LogP contribution in [-0.2, 0) is 11.2 Å². The lowest BCUT2D eigenvalue weighted by Crippen LogP contribution is -2.47. The van der Waals surface area contributed by atoms with Crippen LogP contribution in [0.25, 0.3) is 0 Å². The first-order valence-electron chi connectivity index (χ1n) is 10.2. The molecule has 4 heterocycles. The molecule has 0 aromatic carbocycles. The first kappa shape index (κ1) is 22.6. The molecule has 1 amide bonds. The lowest BCUT2D eigenvalue weighted by atomic mass is 10.0. The summed E-state index contributed by atoms with van der Waals surface area (Å²) in [6.45, 7) is 6.00. The molecule has 4 rings (SSSR count). The molecule has 3 N–H and O–H groups in total. The Bertz CT molecular complexity index is 882. The van der Waals surface area contributed by atoms with Crippen molar-refractivity contribution in [3.05, 3.63) is 35.5 Å². The Kier molecular flexibility index (Phi) is 7.53. The van der Waals surface area contributed by atoms with Crippen LogP contribution in [0.4, 0.5) is 5.82 Å². The number of hydrogen-bond acceptors (Lipinski definition) is 8. The van der Waals surface area contributed by atoms with Gasteiger partial charge in [-0.2, -0.15) is 5.10 Å². The van der Waals surface area contributed by atoms with Crippen LogP contribution in [0, 0.1) is 12.8 Å². The number of aromatic amines is 1. The molecule has 0 saturated carbocycles. The largest absolute Gasteiger partial charge is 0.483 e. The van der Waals surface area contributed by atoms with Gasteiger partial charge in [0.2, 0.25) is 0 Å². The van der Waals surface area contributed by atoms with E-state index in [1.54, 1.807) is 6.20 Å². The normalized spacial score (nSPS) is 21.5. The molecular formula is C20H29N7O4. The highest BCUT2D eigenvalue weighted by atomic mass is 16.3. The zero-order chi connectivity index (χ0) is 22.4. The third-order valence-electron chi connectivity index (χ3n) is 5.59. The van der Waals surface area contributed by atoms with Crippen LogP contribution < -0.4 is 4.90 Å². The van der Waals surface area contributed by atoms with Crippen LogP contribution in [0.15, 0.2) is 18.5 Å². The Hall–Kier alpha value is -3.05. The van der Waals surface area contributed by atoms with Crippen LogP contribution in [0.2, 0.25) is 0 Å². The first-order chi connectivity index (χ1) is 14.9. The number of β-amino-alcohol motifs (C(OH)–C–C–N with tert-alkyl or cyclic N) is 1. The number of aliphatic hydroxyl groups excluding tert-OH is 1. The van der Waals surface area contributed by atoms with Gasteiger partial charge in [-0.05, 0) is 26.5 Å². The number of nitrogens with one attached hydrogen (secondary N) is 1. The summed E-state index contributed by atoms with van der Waals surface area (Å²) in [4.78, 5) is 36.0. The van der Waals surface area contributed by atoms with Gasteiger partial charge in [0.1, 0.15) is 11.5 Å². The Morgan fingerprint density at radius 3 is 2.61 bits per heavy atom. The van der Waals surface area contributed by atoms with Crippen LogP contribution in [-0.4, -0.2) is 105 Å². The van der Waals surface area contributed by atoms with E-state index in [9.17, 15) is 9.90 Å². The van der Waals surface area contributed by atoms with E-state index in [0.717, 1.165) is 24.5 Å². The second-order valence-electron chi connectivity index (χ2n) is 7.94. The van der Waals surface area contributed by atoms with Crippen LogP contribution in [0.5, 0.6) is 0 Å². The lowest BCUT2D eigenvalue weighted by molar-refractivity contribution is -0.122. The van der Waals surface area contributed by atoms with Crippen molar-refractivity contribution in [2.75, 3.05) is 51.2 Å². The number of amides is 1. The van der Waals surface area contributed by atoms with Gasteiger partial charge in [-0.25, -0.2) is 4.98 Å². The minimum atomic E-state index is -0.462. The molecule has 2 fully saturated rings. The van der Waals surface area contributed by atoms with Crippen molar-refractivity contribution in [2.45, 2.75) is 19.4 Å². The van der Waals surface area contributed by atoms with Gasteiger partial charge in [-0.1, -0.05) is 0 Å². The number of H-pyrrole nitrogens is 1. The minimum Gasteiger partial charge on any atom is -0.483 e. The fourth-order valence-electron chi connectivity index (χ4n) is 3.87. The number of piperazine rings is 1. The maximum absolute atomic E-state index is 12.8. The number of carboxylic acid groups (broad SMARTS) is 1. The summed E-state index contributed by atoms with van der Waals surface area (Å²) < 4.78 is 0. The topological polar surface area (TPSA) is 139 Å². The maximum Gasteiger partial charge on any atom is 0.290 e. The molecule has 2 aliphatic rings. The molecule has 2 aliphatic heterocycles. The average molecular weight is 431 g/mol. The molecule has 11 heteroatoms. The van der Waals surface area contributed by atoms with Crippen molar-refractivity contribution >= 4 is 18.2 Å². The van der Waals surface area contributed by atoms with Crippen molar-refractivity contribution in [2.24, 2.45) is 5.92 Å². The zero-order valence-electron chi connectivity index (χ0n) is 17.8. The highest BCUT2D eigenvalue weighted by Crippen LogP contribution is 2.25. The molecule has 0 aliphatic carbocycles. The number of hydrogen-bond donors (Lipinski definition) is 3. The van der Waals surface area contributed by atoms with Crippen LogP contribution in [0.1, 0.15) is 21.9 Å². The monoisotopic (exact) mass is 431 g/mol. The summed E-state index contributed by atoms with van der Waals surface area (Å²) in [5.74, 6) is 0.631. The van der Waals surface area contributed by atoms with E-state index in [4.69, 9.17) is 9.90 Å². The summed E-state index contributed by atoms with van der Waals surface area (Å²) in [6.07, 6.45) is 3.43. The van der Waals surface area contributed by atoms with Gasteiger partial charge in [0.15, 0.2) is 0 Å². The van der Waals surface area contributed by atoms with E-state index in [1.165, 1.54) is 6.20 Å². The van der Waals surface area contributed by atoms with Gasteiger partial charge < -0.3 is 24.9 Å². The Morgan fingerprint density at radius 2 is 1.97 bits per heavy atom. The lowest BCUT2D eigenvalue weighted by Gasteiger charge is -2.32. The van der Waals surface area contributed by atoms with Crippen LogP contribution >= 0.6 is 0 Å². The van der Waals surface area contributed by atoms with E-state index in [-0.39, 0.29) is 18.3 Å². The Labute approximate surface area is 180 Å². The number of aliphatic hydroxyl groups is 1. The highest BCUT2D eigenvalue weighted by Gasteiger charge is 2.33. The average Bonchev–Trinajstić information content (AvgIpc) is 3.34. The predicted molar refractivity (Wildman–Crippen MR) is 113 cm³/mol. The fourth-order valence-corrected chi connectivity index (χ4v) is 3.87. The molecule has 31 heavy (non-hydrogen) atoms. The number of nitrogens with zero attached hydrogens (tertiary/aromatic N) is 6. The van der Waals surface area contributed by atoms with Crippen molar-refractivity contribution in [3.63, 3.8) is 0 Å². The van der Waals surface area contributed by atoms with Crippen molar-refractivity contribution in [1.82, 2.24) is 30.0 Å². The number of aryl methyl sites for hydroxylation is 1. The predicted octanol–water partition coefficient (Wildman–Crippen LogP) is -0.364. The second kappa shape index (κ2) is 10.3. The summed E-state index contributed by atoms with van der Waals surface area (Å²) in [5.41, 5.74) is 2.33. The van der Waals surface area contributed by atoms with Crippen molar-refractivity contribution in [3.8, 4) is 0 Å². The van der Waals surface area contributed by atoms with Crippen molar-refractivity contribution in [1.29, 1.82) is 0 Å². The van der Waals surface area contributed by atoms with Gasteiger partial charge in [0, 0.05) is 50.9 Å². The third-order valence-corrected chi connectivity index (χ3v) is 5.59. The number of carbonyl (C=O) groups excluding carboxylic acids is 1. The molecule has 11 nitrogen and oxygen atoms in total. The molecule has 2 aromatic rings. The molecular weight excluding hydrogens is 402 g/mol. The Balaban J connectivity index is 0.000000858. The van der Waals surface area contributed by atoms with Crippen LogP contribution in [0.3, 0.4) is 0 Å². The number of anilines is 1. The van der Waals surface area contributed by atoms with Gasteiger partial charge in [0.25, 0.3) is 12.4 Å². The standard InChI is InChI=1S/C19H27N7O2.CH2O2/c1-13-7-15(23-22-13)8-14-11-26(12-17(14)27)18-10-20-9-16(21-18)19(28)25-5-3-24(2)4-6-25;2-1-3/h7,9-10,14,17,27H,3-6,8,11-12H2,1-2H3,(H,22,23);1H,(H,2,3)/t14-,17-;/m1./s1. The zero-order valence-corrected chi connectivity index (χ0v) is 17.8. The summed E-state index contributed by atoms with van der Waals surface area (Å²) in [7, 11) is 2.06. The van der Waals surface area contributed by atoms with E-state index < -0.39 is 6.10 Å². The number of aromatic nitrogens is 4. The SMILES string of the molecule is Cc1cc(C[C@@H]2CN(c3cncc(C(=O)N4CCN(C)CC4)n3)C[C@H]2O)n[nH]1.O=CO. The molecule has 0 bridgehead atoms. The Morgan fingerprint density at radius 1 is 1.26 bits per heavy atom. The molecule has 0 unspecified atom stereocenters. The second-order valence-corrected chi connectivity index (χ2v) is 7.94. The van der Waals surface area contributed by atoms with E-state index in [0.29, 0.717) is 44.1 Å². The number of likely N-dealkylation sites (N-methyl/N-ethyl adjacent to an activating group) is 1. The summed E-state index contributed by atoms with van der Waals surface area (Å²) in [5, 5.41) is 24.6. The number of rotatable bonds is 4. The minimum absolute atomic E-state index is 0.0708. The number of carbonyl (C=O) groups is 2. The maximum atomic E-state index is 12.8.